The fourth-order valence-corrected chi connectivity index (χ4v) is 5.26. The van der Waals surface area contributed by atoms with Crippen molar-refractivity contribution in [1.82, 2.24) is 4.98 Å². The van der Waals surface area contributed by atoms with E-state index in [1.165, 1.54) is 0 Å². The quantitative estimate of drug-likeness (QED) is 0.702. The van der Waals surface area contributed by atoms with E-state index in [1.807, 2.05) is 50.2 Å². The maximum atomic E-state index is 13.2. The number of rotatable bonds is 3. The summed E-state index contributed by atoms with van der Waals surface area (Å²) in [6.07, 6.45) is 4.25. The first kappa shape index (κ1) is 16.8. The number of sulfonamides is 1. The molecule has 0 N–H and O–H groups in total. The lowest BCUT2D eigenvalue weighted by Crippen LogP contribution is -2.29. The van der Waals surface area contributed by atoms with Gasteiger partial charge >= 0.3 is 0 Å². The normalized spacial score (nSPS) is 13.7. The third-order valence-corrected chi connectivity index (χ3v) is 6.81. The zero-order valence-corrected chi connectivity index (χ0v) is 15.6. The van der Waals surface area contributed by atoms with E-state index < -0.39 is 10.0 Å². The molecule has 1 aliphatic rings. The molecule has 0 saturated heterocycles. The third-order valence-electron chi connectivity index (χ3n) is 4.86. The molecule has 2 aromatic carbocycles. The van der Waals surface area contributed by atoms with Crippen LogP contribution in [0, 0.1) is 13.8 Å². The molecule has 0 radical (unpaired) electrons. The number of fused-ring (bicyclic) bond motifs is 1. The molecule has 3 aromatic rings. The summed E-state index contributed by atoms with van der Waals surface area (Å²) in [6, 6.07) is 15.5. The highest BCUT2D eigenvalue weighted by atomic mass is 32.2. The topological polar surface area (TPSA) is 50.3 Å². The number of anilines is 1. The Kier molecular flexibility index (Phi) is 4.04. The average molecular weight is 364 g/mol. The molecule has 0 amide bonds. The number of benzene rings is 2. The molecule has 0 bridgehead atoms. The van der Waals surface area contributed by atoms with Crippen LogP contribution in [-0.2, 0) is 16.4 Å². The van der Waals surface area contributed by atoms with Crippen LogP contribution in [0.5, 0.6) is 0 Å². The van der Waals surface area contributed by atoms with Gasteiger partial charge in [0.05, 0.1) is 10.6 Å². The summed E-state index contributed by atoms with van der Waals surface area (Å²) in [7, 11) is -3.56. The van der Waals surface area contributed by atoms with Gasteiger partial charge in [0, 0.05) is 18.9 Å². The molecule has 2 heterocycles. The summed E-state index contributed by atoms with van der Waals surface area (Å²) in [4.78, 5) is 4.44. The summed E-state index contributed by atoms with van der Waals surface area (Å²) in [5.41, 5.74) is 5.73. The van der Waals surface area contributed by atoms with Crippen LogP contribution in [0.25, 0.3) is 11.1 Å². The summed E-state index contributed by atoms with van der Waals surface area (Å²) < 4.78 is 28.0. The minimum absolute atomic E-state index is 0.392. The lowest BCUT2D eigenvalue weighted by atomic mass is 10.0. The largest absolute Gasteiger partial charge is 0.266 e. The van der Waals surface area contributed by atoms with Gasteiger partial charge in [0.1, 0.15) is 0 Å². The first-order chi connectivity index (χ1) is 12.5. The van der Waals surface area contributed by atoms with E-state index in [0.29, 0.717) is 11.4 Å². The van der Waals surface area contributed by atoms with Crippen molar-refractivity contribution in [2.75, 3.05) is 10.8 Å². The van der Waals surface area contributed by atoms with E-state index in [1.54, 1.807) is 22.8 Å². The van der Waals surface area contributed by atoms with Crippen molar-refractivity contribution < 1.29 is 8.42 Å². The van der Waals surface area contributed by atoms with Crippen molar-refractivity contribution in [2.45, 2.75) is 25.2 Å². The fraction of sp³-hybridized carbons (Fsp3) is 0.190. The minimum atomic E-state index is -3.56. The molecule has 0 fully saturated rings. The van der Waals surface area contributed by atoms with E-state index in [0.717, 1.165) is 39.9 Å². The first-order valence-corrected chi connectivity index (χ1v) is 10.0. The fourth-order valence-electron chi connectivity index (χ4n) is 3.45. The van der Waals surface area contributed by atoms with Crippen LogP contribution < -0.4 is 4.31 Å². The molecule has 0 aliphatic carbocycles. The molecule has 0 spiro atoms. The lowest BCUT2D eigenvalue weighted by molar-refractivity contribution is 0.591. The molecule has 1 aliphatic heterocycles. The van der Waals surface area contributed by atoms with Crippen LogP contribution in [0.2, 0.25) is 0 Å². The molecule has 0 atom stereocenters. The van der Waals surface area contributed by atoms with E-state index in [9.17, 15) is 8.42 Å². The smallest absolute Gasteiger partial charge is 0.264 e. The maximum Gasteiger partial charge on any atom is 0.264 e. The van der Waals surface area contributed by atoms with Gasteiger partial charge in [-0.2, -0.15) is 0 Å². The van der Waals surface area contributed by atoms with Crippen molar-refractivity contribution in [1.29, 1.82) is 0 Å². The van der Waals surface area contributed by atoms with Crippen LogP contribution in [0.4, 0.5) is 5.69 Å². The molecule has 132 valence electrons. The third kappa shape index (κ3) is 2.78. The zero-order chi connectivity index (χ0) is 18.3. The second-order valence-corrected chi connectivity index (χ2v) is 8.51. The van der Waals surface area contributed by atoms with Gasteiger partial charge in [0.2, 0.25) is 0 Å². The summed E-state index contributed by atoms with van der Waals surface area (Å²) in [5, 5.41) is 0. The maximum absolute atomic E-state index is 13.2. The first-order valence-electron chi connectivity index (χ1n) is 8.60. The van der Waals surface area contributed by atoms with Crippen molar-refractivity contribution in [2.24, 2.45) is 0 Å². The van der Waals surface area contributed by atoms with Crippen LogP contribution in [0.15, 0.2) is 65.8 Å². The Bertz CT molecular complexity index is 1080. The van der Waals surface area contributed by atoms with E-state index in [-0.39, 0.29) is 0 Å². The van der Waals surface area contributed by atoms with Gasteiger partial charge in [-0.25, -0.2) is 8.42 Å². The molecule has 0 saturated carbocycles. The van der Waals surface area contributed by atoms with Gasteiger partial charge < -0.3 is 0 Å². The predicted molar refractivity (Wildman–Crippen MR) is 104 cm³/mol. The highest BCUT2D eigenvalue weighted by Gasteiger charge is 2.32. The second kappa shape index (κ2) is 6.25. The van der Waals surface area contributed by atoms with Gasteiger partial charge in [0.25, 0.3) is 10.0 Å². The van der Waals surface area contributed by atoms with E-state index in [4.69, 9.17) is 0 Å². The van der Waals surface area contributed by atoms with Gasteiger partial charge in [-0.3, -0.25) is 9.29 Å². The Morgan fingerprint density at radius 2 is 1.69 bits per heavy atom. The molecule has 1 aromatic heterocycles. The number of hydrogen-bond donors (Lipinski definition) is 0. The number of nitrogens with zero attached hydrogens (tertiary/aromatic N) is 2. The van der Waals surface area contributed by atoms with Gasteiger partial charge in [-0.15, -0.1) is 0 Å². The number of pyridine rings is 1. The molecule has 0 unspecified atom stereocenters. The van der Waals surface area contributed by atoms with Crippen LogP contribution in [0.1, 0.15) is 16.7 Å². The average Bonchev–Trinajstić information content (AvgIpc) is 3.08. The van der Waals surface area contributed by atoms with Gasteiger partial charge in [-0.1, -0.05) is 18.2 Å². The predicted octanol–water partition coefficient (Wildman–Crippen LogP) is 4.12. The standard InChI is InChI=1S/C21H20N2O2S/c1-15-3-4-16(2)21(13-15)26(24,25)23-12-9-19-14-18(5-6-20(19)23)17-7-10-22-11-8-17/h3-8,10-11,13-14H,9,12H2,1-2H3. The van der Waals surface area contributed by atoms with Crippen LogP contribution >= 0.6 is 0 Å². The molecule has 4 nitrogen and oxygen atoms in total. The summed E-state index contributed by atoms with van der Waals surface area (Å²) in [6.45, 7) is 4.23. The van der Waals surface area contributed by atoms with Crippen molar-refractivity contribution in [3.8, 4) is 11.1 Å². The molecular formula is C21H20N2O2S. The Morgan fingerprint density at radius 3 is 2.46 bits per heavy atom. The Hall–Kier alpha value is -2.66. The van der Waals surface area contributed by atoms with Gasteiger partial charge in [-0.05, 0) is 78.4 Å². The molecule has 5 heteroatoms. The molecule has 4 rings (SSSR count). The molecular weight excluding hydrogens is 344 g/mol. The summed E-state index contributed by atoms with van der Waals surface area (Å²) >= 11 is 0. The van der Waals surface area contributed by atoms with Crippen LogP contribution in [0.3, 0.4) is 0 Å². The number of aryl methyl sites for hydroxylation is 2. The highest BCUT2D eigenvalue weighted by molar-refractivity contribution is 7.93. The Balaban J connectivity index is 1.75. The minimum Gasteiger partial charge on any atom is -0.266 e. The van der Waals surface area contributed by atoms with E-state index >= 15 is 0 Å². The number of hydrogen-bond acceptors (Lipinski definition) is 3. The monoisotopic (exact) mass is 364 g/mol. The SMILES string of the molecule is Cc1ccc(C)c(S(=O)(=O)N2CCc3cc(-c4ccncc4)ccc32)c1. The van der Waals surface area contributed by atoms with Crippen molar-refractivity contribution in [3.05, 3.63) is 77.6 Å². The zero-order valence-electron chi connectivity index (χ0n) is 14.8. The van der Waals surface area contributed by atoms with E-state index in [2.05, 4.69) is 11.1 Å². The van der Waals surface area contributed by atoms with Gasteiger partial charge in [0.15, 0.2) is 0 Å². The van der Waals surface area contributed by atoms with Crippen molar-refractivity contribution >= 4 is 15.7 Å². The summed E-state index contributed by atoms with van der Waals surface area (Å²) in [5.74, 6) is 0. The van der Waals surface area contributed by atoms with Crippen molar-refractivity contribution in [3.63, 3.8) is 0 Å². The second-order valence-electron chi connectivity index (χ2n) is 6.68. The number of aromatic nitrogens is 1. The highest BCUT2D eigenvalue weighted by Crippen LogP contribution is 2.36. The Morgan fingerprint density at radius 1 is 0.923 bits per heavy atom. The Labute approximate surface area is 154 Å². The van der Waals surface area contributed by atoms with Crippen LogP contribution in [-0.4, -0.2) is 19.9 Å². The molecule has 26 heavy (non-hydrogen) atoms. The lowest BCUT2D eigenvalue weighted by Gasteiger charge is -2.21.